The van der Waals surface area contributed by atoms with Crippen molar-refractivity contribution in [1.29, 1.82) is 0 Å². The Morgan fingerprint density at radius 1 is 1.19 bits per heavy atom. The topological polar surface area (TPSA) is 20.3 Å². The van der Waals surface area contributed by atoms with Crippen LogP contribution in [0.25, 0.3) is 0 Å². The minimum atomic E-state index is 0.157. The lowest BCUT2D eigenvalue weighted by Crippen LogP contribution is -2.22. The van der Waals surface area contributed by atoms with Gasteiger partial charge in [-0.2, -0.15) is 0 Å². The third-order valence-corrected chi connectivity index (χ3v) is 2.51. The fourth-order valence-corrected chi connectivity index (χ4v) is 1.77. The SMILES string of the molecule is CC1=CN(Cc2ccccc2)CC(=O)C=C1. The largest absolute Gasteiger partial charge is 0.365 e. The van der Waals surface area contributed by atoms with Crippen LogP contribution in [0.1, 0.15) is 12.5 Å². The summed E-state index contributed by atoms with van der Waals surface area (Å²) in [5, 5.41) is 0. The lowest BCUT2D eigenvalue weighted by Gasteiger charge is -2.18. The zero-order chi connectivity index (χ0) is 11.4. The van der Waals surface area contributed by atoms with Gasteiger partial charge < -0.3 is 4.90 Å². The van der Waals surface area contributed by atoms with Crippen molar-refractivity contribution in [3.63, 3.8) is 0 Å². The van der Waals surface area contributed by atoms with Crippen LogP contribution in [0.15, 0.2) is 54.3 Å². The summed E-state index contributed by atoms with van der Waals surface area (Å²) in [5.41, 5.74) is 2.34. The molecule has 2 rings (SSSR count). The Bertz CT molecular complexity index is 431. The molecule has 1 aliphatic rings. The third-order valence-electron chi connectivity index (χ3n) is 2.51. The van der Waals surface area contributed by atoms with Gasteiger partial charge in [-0.05, 0) is 24.1 Å². The third kappa shape index (κ3) is 2.83. The van der Waals surface area contributed by atoms with Gasteiger partial charge in [0.1, 0.15) is 0 Å². The Morgan fingerprint density at radius 2 is 1.94 bits per heavy atom. The monoisotopic (exact) mass is 213 g/mol. The van der Waals surface area contributed by atoms with Crippen molar-refractivity contribution < 1.29 is 4.79 Å². The van der Waals surface area contributed by atoms with Crippen LogP contribution in [-0.4, -0.2) is 17.2 Å². The second-order valence-corrected chi connectivity index (χ2v) is 4.06. The van der Waals surface area contributed by atoms with Gasteiger partial charge in [-0.25, -0.2) is 0 Å². The Morgan fingerprint density at radius 3 is 2.69 bits per heavy atom. The van der Waals surface area contributed by atoms with Gasteiger partial charge in [0.05, 0.1) is 6.54 Å². The molecule has 2 nitrogen and oxygen atoms in total. The van der Waals surface area contributed by atoms with E-state index in [1.165, 1.54) is 5.56 Å². The van der Waals surface area contributed by atoms with Gasteiger partial charge in [-0.3, -0.25) is 4.79 Å². The summed E-state index contributed by atoms with van der Waals surface area (Å²) in [4.78, 5) is 13.5. The highest BCUT2D eigenvalue weighted by atomic mass is 16.1. The van der Waals surface area contributed by atoms with Gasteiger partial charge in [0.2, 0.25) is 0 Å². The normalized spacial score (nSPS) is 15.9. The quantitative estimate of drug-likeness (QED) is 0.752. The highest BCUT2D eigenvalue weighted by Gasteiger charge is 2.08. The molecule has 82 valence electrons. The maximum absolute atomic E-state index is 11.5. The number of benzene rings is 1. The predicted molar refractivity (Wildman–Crippen MR) is 64.8 cm³/mol. The lowest BCUT2D eigenvalue weighted by molar-refractivity contribution is -0.115. The van der Waals surface area contributed by atoms with Gasteiger partial charge in [0.25, 0.3) is 0 Å². The standard InChI is InChI=1S/C14H15NO/c1-12-7-8-14(16)11-15(9-12)10-13-5-3-2-4-6-13/h2-9H,10-11H2,1H3. The van der Waals surface area contributed by atoms with E-state index in [2.05, 4.69) is 12.1 Å². The van der Waals surface area contributed by atoms with Gasteiger partial charge >= 0.3 is 0 Å². The molecule has 1 aromatic rings. The number of carbonyl (C=O) groups is 1. The van der Waals surface area contributed by atoms with Crippen LogP contribution >= 0.6 is 0 Å². The second-order valence-electron chi connectivity index (χ2n) is 4.06. The molecule has 1 aliphatic heterocycles. The fourth-order valence-electron chi connectivity index (χ4n) is 1.77. The number of rotatable bonds is 2. The molecule has 0 spiro atoms. The highest BCUT2D eigenvalue weighted by molar-refractivity contribution is 5.92. The van der Waals surface area contributed by atoms with Crippen LogP contribution in [0.3, 0.4) is 0 Å². The van der Waals surface area contributed by atoms with Gasteiger partial charge in [-0.1, -0.05) is 36.4 Å². The first kappa shape index (κ1) is 10.7. The zero-order valence-electron chi connectivity index (χ0n) is 9.39. The molecule has 0 N–H and O–H groups in total. The zero-order valence-corrected chi connectivity index (χ0v) is 9.39. The van der Waals surface area contributed by atoms with E-state index >= 15 is 0 Å². The smallest absolute Gasteiger partial charge is 0.174 e. The average molecular weight is 213 g/mol. The van der Waals surface area contributed by atoms with E-state index in [1.807, 2.05) is 42.3 Å². The van der Waals surface area contributed by atoms with Crippen molar-refractivity contribution in [1.82, 2.24) is 4.90 Å². The van der Waals surface area contributed by atoms with E-state index in [4.69, 9.17) is 0 Å². The Balaban J connectivity index is 2.10. The van der Waals surface area contributed by atoms with Gasteiger partial charge in [0, 0.05) is 12.7 Å². The van der Waals surface area contributed by atoms with Crippen molar-refractivity contribution >= 4 is 5.78 Å². The van der Waals surface area contributed by atoms with Crippen LogP contribution in [-0.2, 0) is 11.3 Å². The predicted octanol–water partition coefficient (Wildman–Crippen LogP) is 2.53. The summed E-state index contributed by atoms with van der Waals surface area (Å²) in [5.74, 6) is 0.157. The van der Waals surface area contributed by atoms with Crippen LogP contribution in [0.4, 0.5) is 0 Å². The van der Waals surface area contributed by atoms with Crippen LogP contribution in [0, 0.1) is 0 Å². The van der Waals surface area contributed by atoms with Crippen molar-refractivity contribution in [2.45, 2.75) is 13.5 Å². The number of ketones is 1. The van der Waals surface area contributed by atoms with Crippen LogP contribution in [0.5, 0.6) is 0 Å². The first-order valence-corrected chi connectivity index (χ1v) is 5.41. The second kappa shape index (κ2) is 4.79. The summed E-state index contributed by atoms with van der Waals surface area (Å²) in [6.45, 7) is 3.25. The molecule has 0 bridgehead atoms. The number of hydrogen-bond donors (Lipinski definition) is 0. The highest BCUT2D eigenvalue weighted by Crippen LogP contribution is 2.10. The molecule has 0 saturated heterocycles. The molecular formula is C14H15NO. The Labute approximate surface area is 95.9 Å². The number of hydrogen-bond acceptors (Lipinski definition) is 2. The molecule has 0 atom stereocenters. The first-order chi connectivity index (χ1) is 7.74. The maximum Gasteiger partial charge on any atom is 0.174 e. The molecule has 0 radical (unpaired) electrons. The van der Waals surface area contributed by atoms with E-state index < -0.39 is 0 Å². The summed E-state index contributed by atoms with van der Waals surface area (Å²) in [6, 6.07) is 10.2. The van der Waals surface area contributed by atoms with E-state index in [0.717, 1.165) is 12.1 Å². The molecule has 0 aliphatic carbocycles. The summed E-state index contributed by atoms with van der Waals surface area (Å²) in [6.07, 6.45) is 5.55. The molecule has 2 heteroatoms. The Hall–Kier alpha value is -1.83. The van der Waals surface area contributed by atoms with E-state index in [-0.39, 0.29) is 5.78 Å². The number of carbonyl (C=O) groups excluding carboxylic acids is 1. The van der Waals surface area contributed by atoms with E-state index in [1.54, 1.807) is 6.08 Å². The Kier molecular flexibility index (Phi) is 3.20. The number of allylic oxidation sites excluding steroid dienone is 2. The van der Waals surface area contributed by atoms with Crippen molar-refractivity contribution in [2.24, 2.45) is 0 Å². The fraction of sp³-hybridized carbons (Fsp3) is 0.214. The van der Waals surface area contributed by atoms with Crippen molar-refractivity contribution in [3.8, 4) is 0 Å². The van der Waals surface area contributed by atoms with E-state index in [9.17, 15) is 4.79 Å². The minimum absolute atomic E-state index is 0.157. The molecule has 16 heavy (non-hydrogen) atoms. The van der Waals surface area contributed by atoms with Crippen LogP contribution < -0.4 is 0 Å². The molecule has 0 unspecified atom stereocenters. The summed E-state index contributed by atoms with van der Waals surface area (Å²) < 4.78 is 0. The molecular weight excluding hydrogens is 198 g/mol. The first-order valence-electron chi connectivity index (χ1n) is 5.41. The summed E-state index contributed by atoms with van der Waals surface area (Å²) in [7, 11) is 0. The van der Waals surface area contributed by atoms with Crippen molar-refractivity contribution in [2.75, 3.05) is 6.54 Å². The van der Waals surface area contributed by atoms with E-state index in [0.29, 0.717) is 6.54 Å². The van der Waals surface area contributed by atoms with Gasteiger partial charge in [-0.15, -0.1) is 0 Å². The molecule has 0 fully saturated rings. The van der Waals surface area contributed by atoms with Crippen LogP contribution in [0.2, 0.25) is 0 Å². The maximum atomic E-state index is 11.5. The van der Waals surface area contributed by atoms with Gasteiger partial charge in [0.15, 0.2) is 5.78 Å². The average Bonchev–Trinajstić information content (AvgIpc) is 2.42. The lowest BCUT2D eigenvalue weighted by atomic mass is 10.2. The van der Waals surface area contributed by atoms with Crippen molar-refractivity contribution in [3.05, 3.63) is 59.8 Å². The molecule has 1 heterocycles. The molecule has 0 amide bonds. The minimum Gasteiger partial charge on any atom is -0.365 e. The molecule has 1 aromatic carbocycles. The molecule has 0 aromatic heterocycles. The molecule has 0 saturated carbocycles. The number of nitrogens with zero attached hydrogens (tertiary/aromatic N) is 1. The summed E-state index contributed by atoms with van der Waals surface area (Å²) >= 11 is 0.